The van der Waals surface area contributed by atoms with Crippen molar-refractivity contribution in [3.63, 3.8) is 0 Å². The van der Waals surface area contributed by atoms with Crippen LogP contribution in [0, 0.1) is 5.82 Å². The largest absolute Gasteiger partial charge is 0.507 e. The Bertz CT molecular complexity index is 682. The van der Waals surface area contributed by atoms with Gasteiger partial charge in [-0.25, -0.2) is 4.39 Å². The highest BCUT2D eigenvalue weighted by atomic mass is 19.1. The number of rotatable bonds is 5. The predicted octanol–water partition coefficient (Wildman–Crippen LogP) is 3.02. The van der Waals surface area contributed by atoms with Crippen molar-refractivity contribution in [1.82, 2.24) is 4.90 Å². The minimum Gasteiger partial charge on any atom is -0.507 e. The number of hydrogen-bond donors (Lipinski definition) is 1. The van der Waals surface area contributed by atoms with Crippen LogP contribution in [0.25, 0.3) is 0 Å². The van der Waals surface area contributed by atoms with Crippen LogP contribution in [0.15, 0.2) is 53.5 Å². The molecule has 0 radical (unpaired) electrons. The molecule has 1 aliphatic rings. The maximum atomic E-state index is 13.2. The van der Waals surface area contributed by atoms with E-state index in [1.54, 1.807) is 18.3 Å². The van der Waals surface area contributed by atoms with E-state index in [1.807, 2.05) is 24.3 Å². The molecule has 1 heterocycles. The molecule has 1 atom stereocenters. The fourth-order valence-corrected chi connectivity index (χ4v) is 2.85. The molecule has 1 fully saturated rings. The minimum atomic E-state index is -0.239. The Hall–Kier alpha value is -2.24. The molecule has 0 spiro atoms. The quantitative estimate of drug-likeness (QED) is 0.858. The van der Waals surface area contributed by atoms with Crippen molar-refractivity contribution in [2.24, 2.45) is 4.99 Å². The van der Waals surface area contributed by atoms with Gasteiger partial charge in [-0.2, -0.15) is 0 Å². The van der Waals surface area contributed by atoms with Crippen LogP contribution < -0.4 is 0 Å². The number of phenols is 1. The molecular formula is C19H21FN2O2. The Morgan fingerprint density at radius 2 is 1.83 bits per heavy atom. The van der Waals surface area contributed by atoms with Gasteiger partial charge in [-0.3, -0.25) is 9.89 Å². The molecule has 126 valence electrons. The number of halogens is 1. The van der Waals surface area contributed by atoms with Gasteiger partial charge in [0, 0.05) is 24.9 Å². The number of phenolic OH excluding ortho intramolecular Hbond substituents is 1. The summed E-state index contributed by atoms with van der Waals surface area (Å²) in [5.41, 5.74) is 1.73. The number of morpholine rings is 1. The van der Waals surface area contributed by atoms with Gasteiger partial charge >= 0.3 is 0 Å². The molecule has 1 saturated heterocycles. The van der Waals surface area contributed by atoms with E-state index >= 15 is 0 Å². The predicted molar refractivity (Wildman–Crippen MR) is 92.1 cm³/mol. The van der Waals surface area contributed by atoms with E-state index in [2.05, 4.69) is 9.89 Å². The van der Waals surface area contributed by atoms with Crippen molar-refractivity contribution < 1.29 is 14.2 Å². The van der Waals surface area contributed by atoms with Gasteiger partial charge in [0.05, 0.1) is 25.8 Å². The van der Waals surface area contributed by atoms with Crippen LogP contribution >= 0.6 is 0 Å². The first-order valence-electron chi connectivity index (χ1n) is 8.09. The summed E-state index contributed by atoms with van der Waals surface area (Å²) in [6.45, 7) is 3.59. The van der Waals surface area contributed by atoms with Crippen LogP contribution in [0.1, 0.15) is 17.2 Å². The lowest BCUT2D eigenvalue weighted by molar-refractivity contribution is 0.0180. The van der Waals surface area contributed by atoms with Crippen molar-refractivity contribution in [2.75, 3.05) is 32.8 Å². The van der Waals surface area contributed by atoms with Gasteiger partial charge < -0.3 is 9.84 Å². The SMILES string of the molecule is Oc1ccccc1C=NC[C@@H](c1ccc(F)cc1)N1CCOCC1. The maximum Gasteiger partial charge on any atom is 0.124 e. The lowest BCUT2D eigenvalue weighted by Gasteiger charge is -2.34. The molecule has 1 N–H and O–H groups in total. The molecule has 24 heavy (non-hydrogen) atoms. The van der Waals surface area contributed by atoms with Crippen LogP contribution in [0.3, 0.4) is 0 Å². The fourth-order valence-electron chi connectivity index (χ4n) is 2.85. The maximum absolute atomic E-state index is 13.2. The highest BCUT2D eigenvalue weighted by Crippen LogP contribution is 2.23. The van der Waals surface area contributed by atoms with E-state index < -0.39 is 0 Å². The number of nitrogens with zero attached hydrogens (tertiary/aromatic N) is 2. The molecule has 5 heteroatoms. The zero-order chi connectivity index (χ0) is 16.8. The summed E-state index contributed by atoms with van der Waals surface area (Å²) >= 11 is 0. The van der Waals surface area contributed by atoms with E-state index in [0.717, 1.165) is 18.7 Å². The van der Waals surface area contributed by atoms with Crippen molar-refractivity contribution in [3.05, 3.63) is 65.5 Å². The van der Waals surface area contributed by atoms with Crippen LogP contribution in [-0.2, 0) is 4.74 Å². The summed E-state index contributed by atoms with van der Waals surface area (Å²) in [7, 11) is 0. The molecule has 0 bridgehead atoms. The number of benzene rings is 2. The first-order valence-corrected chi connectivity index (χ1v) is 8.09. The zero-order valence-electron chi connectivity index (χ0n) is 13.4. The Morgan fingerprint density at radius 1 is 1.12 bits per heavy atom. The first kappa shape index (κ1) is 16.6. The third-order valence-corrected chi connectivity index (χ3v) is 4.19. The van der Waals surface area contributed by atoms with Crippen molar-refractivity contribution in [2.45, 2.75) is 6.04 Å². The molecule has 2 aromatic rings. The second-order valence-corrected chi connectivity index (χ2v) is 5.77. The smallest absolute Gasteiger partial charge is 0.124 e. The number of para-hydroxylation sites is 1. The Labute approximate surface area is 141 Å². The number of hydrogen-bond acceptors (Lipinski definition) is 4. The van der Waals surface area contributed by atoms with E-state index in [-0.39, 0.29) is 17.6 Å². The molecule has 0 aliphatic carbocycles. The third kappa shape index (κ3) is 4.19. The summed E-state index contributed by atoms with van der Waals surface area (Å²) in [5.74, 6) is -0.0249. The molecule has 0 amide bonds. The second-order valence-electron chi connectivity index (χ2n) is 5.77. The van der Waals surface area contributed by atoms with E-state index in [0.29, 0.717) is 25.3 Å². The lowest BCUT2D eigenvalue weighted by Crippen LogP contribution is -2.40. The van der Waals surface area contributed by atoms with E-state index in [1.165, 1.54) is 12.1 Å². The number of ether oxygens (including phenoxy) is 1. The average Bonchev–Trinajstić information content (AvgIpc) is 2.62. The standard InChI is InChI=1S/C19H21FN2O2/c20-17-7-5-15(6-8-17)18(22-9-11-24-12-10-22)14-21-13-16-3-1-2-4-19(16)23/h1-8,13,18,23H,9-12,14H2/t18-/m0/s1. The Morgan fingerprint density at radius 3 is 2.54 bits per heavy atom. The average molecular weight is 328 g/mol. The molecule has 0 aromatic heterocycles. The molecule has 4 nitrogen and oxygen atoms in total. The summed E-state index contributed by atoms with van der Waals surface area (Å²) in [6, 6.07) is 13.8. The number of aliphatic imine (C=N–C) groups is 1. The summed E-state index contributed by atoms with van der Waals surface area (Å²) in [5, 5.41) is 9.81. The Balaban J connectivity index is 1.76. The third-order valence-electron chi connectivity index (χ3n) is 4.19. The van der Waals surface area contributed by atoms with E-state index in [4.69, 9.17) is 4.74 Å². The highest BCUT2D eigenvalue weighted by molar-refractivity contribution is 5.83. The molecule has 2 aromatic carbocycles. The van der Waals surface area contributed by atoms with Gasteiger partial charge in [-0.1, -0.05) is 24.3 Å². The van der Waals surface area contributed by atoms with Gasteiger partial charge in [0.1, 0.15) is 11.6 Å². The zero-order valence-corrected chi connectivity index (χ0v) is 13.4. The van der Waals surface area contributed by atoms with Gasteiger partial charge in [-0.15, -0.1) is 0 Å². The van der Waals surface area contributed by atoms with E-state index in [9.17, 15) is 9.50 Å². The van der Waals surface area contributed by atoms with Crippen LogP contribution in [-0.4, -0.2) is 49.1 Å². The summed E-state index contributed by atoms with van der Waals surface area (Å²) in [6.07, 6.45) is 1.69. The molecular weight excluding hydrogens is 307 g/mol. The van der Waals surface area contributed by atoms with Crippen molar-refractivity contribution in [1.29, 1.82) is 0 Å². The minimum absolute atomic E-state index is 0.0663. The van der Waals surface area contributed by atoms with Gasteiger partial charge in [-0.05, 0) is 29.8 Å². The topological polar surface area (TPSA) is 45.1 Å². The monoisotopic (exact) mass is 328 g/mol. The van der Waals surface area contributed by atoms with Gasteiger partial charge in [0.2, 0.25) is 0 Å². The van der Waals surface area contributed by atoms with Crippen LogP contribution in [0.5, 0.6) is 5.75 Å². The van der Waals surface area contributed by atoms with Crippen LogP contribution in [0.4, 0.5) is 4.39 Å². The molecule has 0 unspecified atom stereocenters. The lowest BCUT2D eigenvalue weighted by atomic mass is 10.0. The van der Waals surface area contributed by atoms with Gasteiger partial charge in [0.25, 0.3) is 0 Å². The Kier molecular flexibility index (Phi) is 5.56. The van der Waals surface area contributed by atoms with Crippen LogP contribution in [0.2, 0.25) is 0 Å². The highest BCUT2D eigenvalue weighted by Gasteiger charge is 2.22. The van der Waals surface area contributed by atoms with Crippen molar-refractivity contribution >= 4 is 6.21 Å². The normalized spacial score (nSPS) is 17.2. The fraction of sp³-hybridized carbons (Fsp3) is 0.316. The van der Waals surface area contributed by atoms with Gasteiger partial charge in [0.15, 0.2) is 0 Å². The summed E-state index contributed by atoms with van der Waals surface area (Å²) < 4.78 is 18.6. The molecule has 0 saturated carbocycles. The summed E-state index contributed by atoms with van der Waals surface area (Å²) in [4.78, 5) is 6.82. The number of aromatic hydroxyl groups is 1. The van der Waals surface area contributed by atoms with Crippen molar-refractivity contribution in [3.8, 4) is 5.75 Å². The second kappa shape index (κ2) is 8.04. The molecule has 3 rings (SSSR count). The first-order chi connectivity index (χ1) is 11.7. The molecule has 1 aliphatic heterocycles.